The minimum Gasteiger partial charge on any atom is -0.358 e. The maximum absolute atomic E-state index is 12.4. The summed E-state index contributed by atoms with van der Waals surface area (Å²) < 4.78 is 0.845. The van der Waals surface area contributed by atoms with Crippen molar-refractivity contribution in [2.45, 2.75) is 45.8 Å². The molecule has 1 atom stereocenters. The number of thiocarbonyl (C=S) groups is 1. The van der Waals surface area contributed by atoms with E-state index in [1.807, 2.05) is 20.8 Å². The number of rotatable bonds is 3. The van der Waals surface area contributed by atoms with Gasteiger partial charge in [0.2, 0.25) is 5.91 Å². The van der Waals surface area contributed by atoms with Crippen molar-refractivity contribution >= 4 is 39.9 Å². The molecule has 2 rings (SSSR count). The normalized spacial score (nSPS) is 15.7. The Hall–Kier alpha value is -1.07. The summed E-state index contributed by atoms with van der Waals surface area (Å²) in [7, 11) is 0. The van der Waals surface area contributed by atoms with Crippen LogP contribution in [0.25, 0.3) is 0 Å². The van der Waals surface area contributed by atoms with Gasteiger partial charge in [-0.2, -0.15) is 0 Å². The number of nitrogens with one attached hydrogen (secondary N) is 1. The van der Waals surface area contributed by atoms with Gasteiger partial charge in [-0.15, -0.1) is 0 Å². The fraction of sp³-hybridized carbons (Fsp3) is 0.529. The zero-order valence-electron chi connectivity index (χ0n) is 13.7. The summed E-state index contributed by atoms with van der Waals surface area (Å²) in [4.78, 5) is 14.6. The maximum atomic E-state index is 12.4. The highest BCUT2D eigenvalue weighted by Crippen LogP contribution is 2.25. The van der Waals surface area contributed by atoms with Crippen molar-refractivity contribution in [2.75, 3.05) is 18.4 Å². The first kappa shape index (κ1) is 17.3. The van der Waals surface area contributed by atoms with Gasteiger partial charge in [0.05, 0.1) is 5.25 Å². The van der Waals surface area contributed by atoms with Crippen LogP contribution in [-0.4, -0.2) is 33.5 Å². The van der Waals surface area contributed by atoms with Gasteiger partial charge in [-0.3, -0.25) is 4.79 Å². The van der Waals surface area contributed by atoms with Crippen LogP contribution >= 0.6 is 24.0 Å². The molecule has 1 heterocycles. The molecule has 0 radical (unpaired) electrons. The quantitative estimate of drug-likeness (QED) is 0.844. The number of benzene rings is 1. The van der Waals surface area contributed by atoms with Crippen LogP contribution in [0.1, 0.15) is 36.5 Å². The summed E-state index contributed by atoms with van der Waals surface area (Å²) in [5, 5.41) is 2.88. The molecule has 1 N–H and O–H groups in total. The molecule has 120 valence electrons. The van der Waals surface area contributed by atoms with Gasteiger partial charge in [0, 0.05) is 18.8 Å². The average Bonchev–Trinajstić information content (AvgIpc) is 2.96. The number of carbonyl (C=O) groups excluding carboxylic acids is 1. The van der Waals surface area contributed by atoms with Crippen molar-refractivity contribution in [3.05, 3.63) is 28.8 Å². The van der Waals surface area contributed by atoms with Gasteiger partial charge >= 0.3 is 0 Å². The van der Waals surface area contributed by atoms with Crippen LogP contribution in [0.3, 0.4) is 0 Å². The van der Waals surface area contributed by atoms with Crippen LogP contribution < -0.4 is 5.32 Å². The van der Waals surface area contributed by atoms with Crippen molar-refractivity contribution in [3.63, 3.8) is 0 Å². The molecule has 22 heavy (non-hydrogen) atoms. The number of anilines is 1. The van der Waals surface area contributed by atoms with Crippen LogP contribution in [0.4, 0.5) is 5.69 Å². The topological polar surface area (TPSA) is 32.3 Å². The van der Waals surface area contributed by atoms with Crippen LogP contribution in [0.2, 0.25) is 0 Å². The molecular weight excluding hydrogens is 312 g/mol. The van der Waals surface area contributed by atoms with E-state index in [9.17, 15) is 4.79 Å². The predicted octanol–water partition coefficient (Wildman–Crippen LogP) is 4.05. The van der Waals surface area contributed by atoms with Crippen molar-refractivity contribution < 1.29 is 4.79 Å². The zero-order valence-corrected chi connectivity index (χ0v) is 15.4. The van der Waals surface area contributed by atoms with E-state index in [-0.39, 0.29) is 11.2 Å². The molecule has 1 saturated heterocycles. The lowest BCUT2D eigenvalue weighted by Crippen LogP contribution is -2.29. The lowest BCUT2D eigenvalue weighted by Gasteiger charge is -2.21. The molecule has 1 amide bonds. The summed E-state index contributed by atoms with van der Waals surface area (Å²) in [6.07, 6.45) is 2.39. The molecular formula is C17H24N2OS2. The van der Waals surface area contributed by atoms with Crippen LogP contribution in [0.5, 0.6) is 0 Å². The smallest absolute Gasteiger partial charge is 0.237 e. The van der Waals surface area contributed by atoms with Gasteiger partial charge in [-0.1, -0.05) is 41.7 Å². The number of likely N-dealkylation sites (tertiary alicyclic amines) is 1. The first-order chi connectivity index (χ1) is 10.4. The molecule has 5 heteroatoms. The molecule has 0 aliphatic carbocycles. The summed E-state index contributed by atoms with van der Waals surface area (Å²) in [5.41, 5.74) is 4.34. The number of hydrogen-bond acceptors (Lipinski definition) is 3. The fourth-order valence-electron chi connectivity index (χ4n) is 2.78. The molecule has 3 nitrogen and oxygen atoms in total. The first-order valence-electron chi connectivity index (χ1n) is 7.72. The lowest BCUT2D eigenvalue weighted by molar-refractivity contribution is -0.115. The Labute approximate surface area is 142 Å². The monoisotopic (exact) mass is 336 g/mol. The van der Waals surface area contributed by atoms with Crippen molar-refractivity contribution in [1.29, 1.82) is 0 Å². The number of nitrogens with zero attached hydrogens (tertiary/aromatic N) is 1. The molecule has 0 bridgehead atoms. The molecule has 1 aromatic carbocycles. The largest absolute Gasteiger partial charge is 0.358 e. The van der Waals surface area contributed by atoms with Gasteiger partial charge in [-0.05, 0) is 51.7 Å². The van der Waals surface area contributed by atoms with E-state index in [1.165, 1.54) is 30.2 Å². The number of aryl methyl sites for hydroxylation is 3. The number of amides is 1. The highest BCUT2D eigenvalue weighted by atomic mass is 32.2. The van der Waals surface area contributed by atoms with E-state index in [4.69, 9.17) is 12.2 Å². The van der Waals surface area contributed by atoms with E-state index in [2.05, 4.69) is 29.3 Å². The summed E-state index contributed by atoms with van der Waals surface area (Å²) in [6, 6.07) is 4.19. The average molecular weight is 337 g/mol. The molecule has 1 aromatic rings. The van der Waals surface area contributed by atoms with E-state index in [1.54, 1.807) is 0 Å². The van der Waals surface area contributed by atoms with Gasteiger partial charge in [-0.25, -0.2) is 0 Å². The molecule has 1 aliphatic heterocycles. The number of thioether (sulfide) groups is 1. The maximum Gasteiger partial charge on any atom is 0.237 e. The standard InChI is InChI=1S/C17H24N2OS2/c1-11-9-12(2)15(13(3)10-11)18-16(20)14(4)22-17(21)19-7-5-6-8-19/h9-10,14H,5-8H2,1-4H3,(H,18,20). The van der Waals surface area contributed by atoms with Gasteiger partial charge < -0.3 is 10.2 Å². The summed E-state index contributed by atoms with van der Waals surface area (Å²) in [6.45, 7) is 10.1. The Bertz CT molecular complexity index is 557. The molecule has 0 saturated carbocycles. The van der Waals surface area contributed by atoms with Gasteiger partial charge in [0.25, 0.3) is 0 Å². The minimum absolute atomic E-state index is 0.0154. The SMILES string of the molecule is Cc1cc(C)c(NC(=O)C(C)SC(=S)N2CCCC2)c(C)c1. The summed E-state index contributed by atoms with van der Waals surface area (Å²) >= 11 is 6.94. The van der Waals surface area contributed by atoms with Gasteiger partial charge in [0.1, 0.15) is 4.32 Å². The molecule has 0 spiro atoms. The summed E-state index contributed by atoms with van der Waals surface area (Å²) in [5.74, 6) is 0.0154. The van der Waals surface area contributed by atoms with E-state index in [0.717, 1.165) is 34.2 Å². The second-order valence-electron chi connectivity index (χ2n) is 5.98. The third kappa shape index (κ3) is 4.23. The van der Waals surface area contributed by atoms with Crippen molar-refractivity contribution in [2.24, 2.45) is 0 Å². The van der Waals surface area contributed by atoms with E-state index >= 15 is 0 Å². The molecule has 0 aromatic heterocycles. The molecule has 1 aliphatic rings. The van der Waals surface area contributed by atoms with Crippen molar-refractivity contribution in [3.8, 4) is 0 Å². The third-order valence-corrected chi connectivity index (χ3v) is 5.51. The van der Waals surface area contributed by atoms with Crippen LogP contribution in [0, 0.1) is 20.8 Å². The zero-order chi connectivity index (χ0) is 16.3. The van der Waals surface area contributed by atoms with Gasteiger partial charge in [0.15, 0.2) is 0 Å². The molecule has 1 fully saturated rings. The second-order valence-corrected chi connectivity index (χ2v) is 7.96. The Morgan fingerprint density at radius 2 is 1.77 bits per heavy atom. The highest BCUT2D eigenvalue weighted by molar-refractivity contribution is 8.23. The minimum atomic E-state index is -0.187. The van der Waals surface area contributed by atoms with Crippen LogP contribution in [-0.2, 0) is 4.79 Å². The Balaban J connectivity index is 1.98. The Morgan fingerprint density at radius 3 is 2.32 bits per heavy atom. The Kier molecular flexibility index (Phi) is 5.87. The van der Waals surface area contributed by atoms with Crippen LogP contribution in [0.15, 0.2) is 12.1 Å². The number of hydrogen-bond donors (Lipinski definition) is 1. The highest BCUT2D eigenvalue weighted by Gasteiger charge is 2.22. The first-order valence-corrected chi connectivity index (χ1v) is 9.01. The fourth-order valence-corrected chi connectivity index (χ4v) is 4.20. The third-order valence-electron chi connectivity index (χ3n) is 3.94. The van der Waals surface area contributed by atoms with E-state index in [0.29, 0.717) is 0 Å². The lowest BCUT2D eigenvalue weighted by atomic mass is 10.1. The van der Waals surface area contributed by atoms with E-state index < -0.39 is 0 Å². The molecule has 1 unspecified atom stereocenters. The number of carbonyl (C=O) groups is 1. The predicted molar refractivity (Wildman–Crippen MR) is 99.7 cm³/mol. The Morgan fingerprint density at radius 1 is 1.23 bits per heavy atom. The second kappa shape index (κ2) is 7.47. The van der Waals surface area contributed by atoms with Crippen molar-refractivity contribution in [1.82, 2.24) is 4.90 Å².